The third-order valence-corrected chi connectivity index (χ3v) is 5.16. The van der Waals surface area contributed by atoms with E-state index in [0.717, 1.165) is 30.5 Å². The second-order valence-electron chi connectivity index (χ2n) is 7.07. The highest BCUT2D eigenvalue weighted by molar-refractivity contribution is 5.80. The van der Waals surface area contributed by atoms with Gasteiger partial charge in [-0.05, 0) is 32.4 Å². The summed E-state index contributed by atoms with van der Waals surface area (Å²) in [7, 11) is 1.81. The number of aliphatic imine (C=N–C) groups is 1. The number of ether oxygens (including phenoxy) is 1. The number of fused-ring (bicyclic) bond motifs is 1. The molecule has 2 N–H and O–H groups in total. The van der Waals surface area contributed by atoms with E-state index in [1.807, 2.05) is 26.1 Å². The molecule has 1 saturated heterocycles. The Hall–Kier alpha value is -1.49. The fourth-order valence-corrected chi connectivity index (χ4v) is 3.90. The molecule has 2 heterocycles. The van der Waals surface area contributed by atoms with Gasteiger partial charge in [-0.1, -0.05) is 13.8 Å². The van der Waals surface area contributed by atoms with Gasteiger partial charge in [-0.2, -0.15) is 0 Å². The largest absolute Gasteiger partial charge is 0.464 e. The molecule has 1 saturated carbocycles. The summed E-state index contributed by atoms with van der Waals surface area (Å²) >= 11 is 0. The van der Waals surface area contributed by atoms with Crippen molar-refractivity contribution >= 4 is 5.96 Å². The molecule has 1 aliphatic carbocycles. The number of hydrogen-bond donors (Lipinski definition) is 2. The maximum atomic E-state index is 5.85. The van der Waals surface area contributed by atoms with Crippen LogP contribution in [0.5, 0.6) is 0 Å². The molecule has 122 valence electrons. The molecule has 1 aromatic heterocycles. The van der Waals surface area contributed by atoms with Gasteiger partial charge in [0.2, 0.25) is 0 Å². The summed E-state index contributed by atoms with van der Waals surface area (Å²) in [6.07, 6.45) is 1.52. The maximum Gasteiger partial charge on any atom is 0.191 e. The average Bonchev–Trinajstić information content (AvgIpc) is 3.10. The van der Waals surface area contributed by atoms with Gasteiger partial charge in [0.15, 0.2) is 5.96 Å². The molecule has 3 rings (SSSR count). The summed E-state index contributed by atoms with van der Waals surface area (Å²) in [6.45, 7) is 9.46. The summed E-state index contributed by atoms with van der Waals surface area (Å²) in [5.74, 6) is 3.27. The lowest BCUT2D eigenvalue weighted by Gasteiger charge is -2.55. The topological polar surface area (TPSA) is 58.8 Å². The van der Waals surface area contributed by atoms with Crippen molar-refractivity contribution in [3.05, 3.63) is 23.7 Å². The predicted octanol–water partition coefficient (Wildman–Crippen LogP) is 2.63. The number of guanidine groups is 1. The van der Waals surface area contributed by atoms with E-state index in [4.69, 9.17) is 9.15 Å². The highest BCUT2D eigenvalue weighted by Gasteiger charge is 2.59. The first-order valence-corrected chi connectivity index (χ1v) is 8.11. The molecule has 0 amide bonds. The van der Waals surface area contributed by atoms with Gasteiger partial charge < -0.3 is 19.8 Å². The number of hydrogen-bond acceptors (Lipinski definition) is 3. The summed E-state index contributed by atoms with van der Waals surface area (Å²) in [4.78, 5) is 4.37. The highest BCUT2D eigenvalue weighted by Crippen LogP contribution is 2.52. The van der Waals surface area contributed by atoms with Crippen molar-refractivity contribution in [1.82, 2.24) is 10.6 Å². The van der Waals surface area contributed by atoms with Crippen LogP contribution in [0.3, 0.4) is 0 Å². The second kappa shape index (κ2) is 5.61. The Morgan fingerprint density at radius 3 is 2.82 bits per heavy atom. The van der Waals surface area contributed by atoms with Gasteiger partial charge in [0.25, 0.3) is 0 Å². The van der Waals surface area contributed by atoms with Crippen molar-refractivity contribution in [2.75, 3.05) is 13.7 Å². The first kappa shape index (κ1) is 15.4. The van der Waals surface area contributed by atoms with Crippen LogP contribution in [0.1, 0.15) is 44.8 Å². The quantitative estimate of drug-likeness (QED) is 0.666. The molecule has 5 heteroatoms. The van der Waals surface area contributed by atoms with Gasteiger partial charge in [-0.3, -0.25) is 4.99 Å². The molecule has 2 fully saturated rings. The standard InChI is InChI=1S/C17H27N3O2/c1-10-6-7-13(22-10)11(2)19-16(18-5)20-14-12-8-9-21-15(12)17(14,3)4/h6-7,11-12,14-15H,8-9H2,1-5H3,(H2,18,19,20). The zero-order valence-corrected chi connectivity index (χ0v) is 14.1. The Labute approximate surface area is 132 Å². The Balaban J connectivity index is 1.63. The van der Waals surface area contributed by atoms with Crippen molar-refractivity contribution in [3.8, 4) is 0 Å². The molecule has 5 nitrogen and oxygen atoms in total. The van der Waals surface area contributed by atoms with E-state index in [9.17, 15) is 0 Å². The monoisotopic (exact) mass is 305 g/mol. The van der Waals surface area contributed by atoms with Crippen LogP contribution in [-0.2, 0) is 4.74 Å². The molecule has 2 aliphatic rings. The average molecular weight is 305 g/mol. The van der Waals surface area contributed by atoms with Gasteiger partial charge in [-0.25, -0.2) is 0 Å². The smallest absolute Gasteiger partial charge is 0.191 e. The zero-order chi connectivity index (χ0) is 15.9. The molecule has 0 bridgehead atoms. The molecular formula is C17H27N3O2. The molecule has 0 radical (unpaired) electrons. The Morgan fingerprint density at radius 2 is 2.18 bits per heavy atom. The highest BCUT2D eigenvalue weighted by atomic mass is 16.5. The number of nitrogens with zero attached hydrogens (tertiary/aromatic N) is 1. The molecule has 22 heavy (non-hydrogen) atoms. The number of aryl methyl sites for hydroxylation is 1. The van der Waals surface area contributed by atoms with Crippen LogP contribution in [0, 0.1) is 18.3 Å². The van der Waals surface area contributed by atoms with Gasteiger partial charge >= 0.3 is 0 Å². The van der Waals surface area contributed by atoms with E-state index in [-0.39, 0.29) is 11.5 Å². The summed E-state index contributed by atoms with van der Waals surface area (Å²) in [6, 6.07) is 4.48. The van der Waals surface area contributed by atoms with Crippen molar-refractivity contribution in [2.45, 2.75) is 52.3 Å². The third kappa shape index (κ3) is 2.51. The van der Waals surface area contributed by atoms with Crippen LogP contribution in [0.15, 0.2) is 21.5 Å². The van der Waals surface area contributed by atoms with E-state index < -0.39 is 0 Å². The third-order valence-electron chi connectivity index (χ3n) is 5.16. The molecular weight excluding hydrogens is 278 g/mol. The van der Waals surface area contributed by atoms with Gasteiger partial charge in [0, 0.05) is 31.0 Å². The first-order valence-electron chi connectivity index (χ1n) is 8.11. The first-order chi connectivity index (χ1) is 10.4. The summed E-state index contributed by atoms with van der Waals surface area (Å²) < 4.78 is 11.5. The van der Waals surface area contributed by atoms with E-state index >= 15 is 0 Å². The summed E-state index contributed by atoms with van der Waals surface area (Å²) in [5.41, 5.74) is 0.142. The predicted molar refractivity (Wildman–Crippen MR) is 86.9 cm³/mol. The number of nitrogens with one attached hydrogen (secondary N) is 2. The Bertz CT molecular complexity index is 564. The van der Waals surface area contributed by atoms with Gasteiger partial charge in [0.1, 0.15) is 11.5 Å². The second-order valence-corrected chi connectivity index (χ2v) is 7.07. The van der Waals surface area contributed by atoms with E-state index in [0.29, 0.717) is 18.1 Å². The Kier molecular flexibility index (Phi) is 3.93. The van der Waals surface area contributed by atoms with Crippen LogP contribution in [0.4, 0.5) is 0 Å². The molecule has 0 spiro atoms. The lowest BCUT2D eigenvalue weighted by Crippen LogP contribution is -2.68. The van der Waals surface area contributed by atoms with Crippen molar-refractivity contribution in [2.24, 2.45) is 16.3 Å². The van der Waals surface area contributed by atoms with E-state index in [2.05, 4.69) is 36.4 Å². The van der Waals surface area contributed by atoms with Gasteiger partial charge in [0.05, 0.1) is 12.1 Å². The van der Waals surface area contributed by atoms with Crippen molar-refractivity contribution in [1.29, 1.82) is 0 Å². The minimum atomic E-state index is 0.0821. The zero-order valence-electron chi connectivity index (χ0n) is 14.1. The van der Waals surface area contributed by atoms with Gasteiger partial charge in [-0.15, -0.1) is 0 Å². The van der Waals surface area contributed by atoms with Crippen LogP contribution in [0.25, 0.3) is 0 Å². The van der Waals surface area contributed by atoms with E-state index in [1.54, 1.807) is 0 Å². The molecule has 0 aromatic carbocycles. The van der Waals surface area contributed by atoms with Crippen LogP contribution >= 0.6 is 0 Å². The van der Waals surface area contributed by atoms with Crippen LogP contribution in [-0.4, -0.2) is 31.8 Å². The molecule has 1 aliphatic heterocycles. The summed E-state index contributed by atoms with van der Waals surface area (Å²) in [5, 5.41) is 7.01. The molecule has 4 unspecified atom stereocenters. The van der Waals surface area contributed by atoms with Crippen molar-refractivity contribution in [3.63, 3.8) is 0 Å². The van der Waals surface area contributed by atoms with Crippen LogP contribution in [0.2, 0.25) is 0 Å². The number of furan rings is 1. The molecule has 1 aromatic rings. The normalized spacial score (nSPS) is 31.3. The maximum absolute atomic E-state index is 5.85. The Morgan fingerprint density at radius 1 is 1.41 bits per heavy atom. The lowest BCUT2D eigenvalue weighted by molar-refractivity contribution is -0.106. The minimum Gasteiger partial charge on any atom is -0.464 e. The SMILES string of the molecule is CN=C(NC(C)c1ccc(C)o1)NC1C2CCOC2C1(C)C. The molecule has 4 atom stereocenters. The van der Waals surface area contributed by atoms with Crippen LogP contribution < -0.4 is 10.6 Å². The fourth-order valence-electron chi connectivity index (χ4n) is 3.90. The minimum absolute atomic E-state index is 0.0821. The van der Waals surface area contributed by atoms with Crippen molar-refractivity contribution < 1.29 is 9.15 Å². The lowest BCUT2D eigenvalue weighted by atomic mass is 9.57. The van der Waals surface area contributed by atoms with E-state index in [1.165, 1.54) is 0 Å². The number of rotatable bonds is 3. The fraction of sp³-hybridized carbons (Fsp3) is 0.706.